The number of fused-ring (bicyclic) bond motifs is 1. The molecule has 0 bridgehead atoms. The van der Waals surface area contributed by atoms with Gasteiger partial charge in [0, 0.05) is 36.4 Å². The summed E-state index contributed by atoms with van der Waals surface area (Å²) in [5.74, 6) is 0.688. The van der Waals surface area contributed by atoms with Crippen molar-refractivity contribution in [2.24, 2.45) is 0 Å². The number of benzene rings is 2. The zero-order valence-electron chi connectivity index (χ0n) is 21.9. The molecule has 0 saturated heterocycles. The highest BCUT2D eigenvalue weighted by Gasteiger charge is 2.26. The van der Waals surface area contributed by atoms with E-state index < -0.39 is 5.78 Å². The largest absolute Gasteiger partial charge is 0.495 e. The molecule has 0 unspecified atom stereocenters. The van der Waals surface area contributed by atoms with Crippen molar-refractivity contribution in [3.63, 3.8) is 0 Å². The summed E-state index contributed by atoms with van der Waals surface area (Å²) in [6, 6.07) is 10.1. The van der Waals surface area contributed by atoms with Crippen molar-refractivity contribution in [1.82, 2.24) is 9.97 Å². The van der Waals surface area contributed by atoms with Crippen molar-refractivity contribution in [3.05, 3.63) is 76.4 Å². The Morgan fingerprint density at radius 2 is 1.73 bits per heavy atom. The summed E-state index contributed by atoms with van der Waals surface area (Å²) in [5, 5.41) is 6.64. The average Bonchev–Trinajstić information content (AvgIpc) is 3.38. The number of aromatic amines is 1. The minimum Gasteiger partial charge on any atom is -0.495 e. The van der Waals surface area contributed by atoms with Crippen LogP contribution < -0.4 is 24.8 Å². The van der Waals surface area contributed by atoms with E-state index in [2.05, 4.69) is 27.2 Å². The number of nitrogens with zero attached hydrogens (tertiary/aromatic N) is 1. The minimum atomic E-state index is -0.431. The summed E-state index contributed by atoms with van der Waals surface area (Å²) in [4.78, 5) is 33.2. The van der Waals surface area contributed by atoms with Crippen LogP contribution in [0.4, 0.5) is 17.2 Å². The maximum absolute atomic E-state index is 13.6. The molecule has 2 heterocycles. The van der Waals surface area contributed by atoms with Gasteiger partial charge in [-0.25, -0.2) is 4.98 Å². The van der Waals surface area contributed by atoms with Gasteiger partial charge in [-0.05, 0) is 30.3 Å². The Morgan fingerprint density at radius 1 is 1.00 bits per heavy atom. The molecule has 0 fully saturated rings. The molecule has 0 saturated carbocycles. The highest BCUT2D eigenvalue weighted by molar-refractivity contribution is 6.43. The Morgan fingerprint density at radius 3 is 2.38 bits per heavy atom. The number of aromatic nitrogens is 2. The van der Waals surface area contributed by atoms with E-state index in [-0.39, 0.29) is 33.0 Å². The third kappa shape index (κ3) is 5.99. The van der Waals surface area contributed by atoms with Gasteiger partial charge in [-0.3, -0.25) is 9.59 Å². The molecule has 1 amide bonds. The number of anilines is 3. The smallest absolute Gasteiger partial charge is 0.247 e. The number of pyridine rings is 1. The molecule has 208 valence electrons. The maximum atomic E-state index is 13.6. The fraction of sp³-hybridized carbons (Fsp3) is 0.179. The predicted octanol–water partition coefficient (Wildman–Crippen LogP) is 6.01. The molecule has 3 N–H and O–H groups in total. The molecule has 0 spiro atoms. The number of H-pyrrole nitrogens is 1. The Hall–Kier alpha value is -4.25. The molecule has 2 aromatic heterocycles. The molecule has 0 aliphatic rings. The van der Waals surface area contributed by atoms with Crippen LogP contribution in [-0.4, -0.2) is 56.2 Å². The number of methoxy groups -OCH3 is 3. The van der Waals surface area contributed by atoms with Crippen molar-refractivity contribution in [2.75, 3.05) is 45.2 Å². The summed E-state index contributed by atoms with van der Waals surface area (Å²) >= 11 is 12.9. The molecule has 40 heavy (non-hydrogen) atoms. The number of rotatable bonds is 12. The molecule has 0 radical (unpaired) electrons. The molecule has 0 atom stereocenters. The number of hydrogen-bond donors (Lipinski definition) is 3. The summed E-state index contributed by atoms with van der Waals surface area (Å²) in [6.07, 6.45) is 2.70. The monoisotopic (exact) mass is 584 g/mol. The standard InChI is InChI=1S/C28H26Cl2N4O6/c1-5-23(35)33-19-12-15(40-11-10-37-2)6-8-18(19)32-22-9-7-16-17(14-31-28(16)34-22)27(36)24-25(29)20(38-3)13-21(39-4)26(24)30/h5-9,12-14H,1,10-11H2,2-4H3,(H,33,35)(H2,31,32,34). The topological polar surface area (TPSA) is 124 Å². The number of ketones is 1. The van der Waals surface area contributed by atoms with E-state index in [0.29, 0.717) is 52.8 Å². The van der Waals surface area contributed by atoms with Crippen LogP contribution in [0.15, 0.2) is 55.3 Å². The van der Waals surface area contributed by atoms with Crippen LogP contribution in [0, 0.1) is 0 Å². The molecule has 4 rings (SSSR count). The van der Waals surface area contributed by atoms with Crippen molar-refractivity contribution in [2.45, 2.75) is 0 Å². The third-order valence-corrected chi connectivity index (χ3v) is 6.59. The normalized spacial score (nSPS) is 10.7. The second-order valence-electron chi connectivity index (χ2n) is 8.28. The van der Waals surface area contributed by atoms with Crippen LogP contribution in [0.1, 0.15) is 15.9 Å². The molecule has 12 heteroatoms. The van der Waals surface area contributed by atoms with Crippen LogP contribution in [0.25, 0.3) is 11.0 Å². The first-order valence-corrected chi connectivity index (χ1v) is 12.7. The molecular weight excluding hydrogens is 559 g/mol. The number of carbonyl (C=O) groups excluding carboxylic acids is 2. The molecule has 0 aliphatic heterocycles. The second kappa shape index (κ2) is 12.7. The van der Waals surface area contributed by atoms with Gasteiger partial charge in [0.2, 0.25) is 5.91 Å². The fourth-order valence-electron chi connectivity index (χ4n) is 3.87. The first kappa shape index (κ1) is 28.8. The lowest BCUT2D eigenvalue weighted by Crippen LogP contribution is -2.10. The van der Waals surface area contributed by atoms with Gasteiger partial charge < -0.3 is 34.6 Å². The number of hydrogen-bond acceptors (Lipinski definition) is 8. The van der Waals surface area contributed by atoms with Crippen LogP contribution in [0.5, 0.6) is 17.2 Å². The van der Waals surface area contributed by atoms with E-state index in [0.717, 1.165) is 0 Å². The molecule has 0 aliphatic carbocycles. The summed E-state index contributed by atoms with van der Waals surface area (Å²) in [5.41, 5.74) is 1.82. The number of ether oxygens (including phenoxy) is 4. The van der Waals surface area contributed by atoms with E-state index in [4.69, 9.17) is 42.1 Å². The molecular formula is C28H26Cl2N4O6. The zero-order valence-corrected chi connectivity index (χ0v) is 23.4. The lowest BCUT2D eigenvalue weighted by Gasteiger charge is -2.15. The number of carbonyl (C=O) groups is 2. The zero-order chi connectivity index (χ0) is 28.8. The number of amides is 1. The van der Waals surface area contributed by atoms with Gasteiger partial charge >= 0.3 is 0 Å². The lowest BCUT2D eigenvalue weighted by atomic mass is 10.0. The van der Waals surface area contributed by atoms with Gasteiger partial charge in [0.15, 0.2) is 5.78 Å². The first-order chi connectivity index (χ1) is 19.3. The van der Waals surface area contributed by atoms with Gasteiger partial charge in [-0.1, -0.05) is 29.8 Å². The first-order valence-electron chi connectivity index (χ1n) is 11.9. The van der Waals surface area contributed by atoms with Gasteiger partial charge in [0.1, 0.15) is 35.3 Å². The average molecular weight is 585 g/mol. The number of nitrogens with one attached hydrogen (secondary N) is 3. The Bertz CT molecular complexity index is 1560. The Balaban J connectivity index is 1.66. The Labute approximate surface area is 240 Å². The maximum Gasteiger partial charge on any atom is 0.247 e. The molecule has 10 nitrogen and oxygen atoms in total. The van der Waals surface area contributed by atoms with E-state index in [1.54, 1.807) is 37.4 Å². The minimum absolute atomic E-state index is 0.0537. The molecule has 4 aromatic rings. The quantitative estimate of drug-likeness (QED) is 0.105. The van der Waals surface area contributed by atoms with Gasteiger partial charge in [-0.15, -0.1) is 0 Å². The summed E-state index contributed by atoms with van der Waals surface area (Å²) in [6.45, 7) is 4.27. The van der Waals surface area contributed by atoms with Gasteiger partial charge in [0.05, 0.1) is 47.8 Å². The van der Waals surface area contributed by atoms with E-state index in [9.17, 15) is 9.59 Å². The predicted molar refractivity (Wildman–Crippen MR) is 155 cm³/mol. The van der Waals surface area contributed by atoms with Gasteiger partial charge in [-0.2, -0.15) is 0 Å². The van der Waals surface area contributed by atoms with Crippen molar-refractivity contribution in [3.8, 4) is 17.2 Å². The fourth-order valence-corrected chi connectivity index (χ4v) is 4.54. The molecule has 2 aromatic carbocycles. The third-order valence-electron chi connectivity index (χ3n) is 5.84. The second-order valence-corrected chi connectivity index (χ2v) is 9.03. The summed E-state index contributed by atoms with van der Waals surface area (Å²) < 4.78 is 21.2. The van der Waals surface area contributed by atoms with Crippen LogP contribution in [0.3, 0.4) is 0 Å². The summed E-state index contributed by atoms with van der Waals surface area (Å²) in [7, 11) is 4.45. The van der Waals surface area contributed by atoms with E-state index in [1.807, 2.05) is 0 Å². The Kier molecular flexibility index (Phi) is 9.15. The van der Waals surface area contributed by atoms with E-state index in [1.165, 1.54) is 32.6 Å². The van der Waals surface area contributed by atoms with Crippen molar-refractivity contribution >= 4 is 63.1 Å². The van der Waals surface area contributed by atoms with Gasteiger partial charge in [0.25, 0.3) is 0 Å². The van der Waals surface area contributed by atoms with Crippen molar-refractivity contribution in [1.29, 1.82) is 0 Å². The van der Waals surface area contributed by atoms with Crippen LogP contribution in [0.2, 0.25) is 10.0 Å². The van der Waals surface area contributed by atoms with E-state index >= 15 is 0 Å². The highest BCUT2D eigenvalue weighted by Crippen LogP contribution is 2.42. The lowest BCUT2D eigenvalue weighted by molar-refractivity contribution is -0.111. The van der Waals surface area contributed by atoms with Crippen molar-refractivity contribution < 1.29 is 28.5 Å². The highest BCUT2D eigenvalue weighted by atomic mass is 35.5. The van der Waals surface area contributed by atoms with Crippen LogP contribution >= 0.6 is 23.2 Å². The van der Waals surface area contributed by atoms with Crippen LogP contribution in [-0.2, 0) is 9.53 Å². The SMILES string of the molecule is C=CC(=O)Nc1cc(OCCOC)ccc1Nc1ccc2c(C(=O)c3c(Cl)c(OC)cc(OC)c3Cl)c[nH]c2n1. The number of halogens is 2.